The van der Waals surface area contributed by atoms with Crippen molar-refractivity contribution in [2.45, 2.75) is 53.4 Å². The van der Waals surface area contributed by atoms with E-state index in [4.69, 9.17) is 0 Å². The van der Waals surface area contributed by atoms with Crippen molar-refractivity contribution in [3.05, 3.63) is 53.1 Å². The Kier molecular flexibility index (Phi) is 5.00. The molecule has 0 heterocycles. The number of allylic oxidation sites excluding steroid dienone is 2. The van der Waals surface area contributed by atoms with Gasteiger partial charge in [0, 0.05) is 0 Å². The van der Waals surface area contributed by atoms with Crippen molar-refractivity contribution < 1.29 is 0 Å². The Hall–Kier alpha value is -1.56. The van der Waals surface area contributed by atoms with Gasteiger partial charge in [-0.15, -0.1) is 0 Å². The molecule has 106 valence electrons. The van der Waals surface area contributed by atoms with E-state index in [1.165, 1.54) is 36.5 Å². The molecule has 0 heteroatoms. The Morgan fingerprint density at radius 2 is 1.55 bits per heavy atom. The summed E-state index contributed by atoms with van der Waals surface area (Å²) < 4.78 is 0. The van der Waals surface area contributed by atoms with Crippen molar-refractivity contribution in [1.29, 1.82) is 0 Å². The molecule has 2 aliphatic carbocycles. The molecule has 2 aliphatic rings. The Morgan fingerprint density at radius 3 is 2.35 bits per heavy atom. The lowest BCUT2D eigenvalue weighted by molar-refractivity contribution is 0.928. The van der Waals surface area contributed by atoms with E-state index in [0.29, 0.717) is 0 Å². The number of hydrogen-bond acceptors (Lipinski definition) is 0. The number of benzene rings is 2. The molecule has 0 N–H and O–H groups in total. The maximum absolute atomic E-state index is 2.46. The lowest BCUT2D eigenvalue weighted by Gasteiger charge is -2.26. The van der Waals surface area contributed by atoms with Gasteiger partial charge in [0.2, 0.25) is 0 Å². The zero-order chi connectivity index (χ0) is 14.5. The maximum atomic E-state index is 2.46. The van der Waals surface area contributed by atoms with E-state index in [2.05, 4.69) is 36.4 Å². The monoisotopic (exact) mass is 266 g/mol. The standard InChI is InChI=1S/C16H14.2C2H6/c1-3-11-7-9-13-5-2-6-14-10-8-12(4-1)15(11)16(13)14;2*1-2/h1,3-5,8,10H,2,6-7,9H2;2*1-2H3. The van der Waals surface area contributed by atoms with E-state index in [-0.39, 0.29) is 0 Å². The average molecular weight is 266 g/mol. The highest BCUT2D eigenvalue weighted by molar-refractivity contribution is 5.99. The second kappa shape index (κ2) is 6.74. The molecule has 0 bridgehead atoms. The molecule has 0 atom stereocenters. The topological polar surface area (TPSA) is 0 Å². The van der Waals surface area contributed by atoms with Crippen molar-refractivity contribution in [1.82, 2.24) is 0 Å². The highest BCUT2D eigenvalue weighted by Crippen LogP contribution is 2.40. The number of rotatable bonds is 0. The third-order valence-corrected chi connectivity index (χ3v) is 4.01. The molecule has 0 radical (unpaired) electrons. The Morgan fingerprint density at radius 1 is 0.750 bits per heavy atom. The van der Waals surface area contributed by atoms with Crippen LogP contribution >= 0.6 is 0 Å². The SMILES string of the molecule is C1=C2CCc3cccc4ccc(c2c34)CC1.CC.CC. The van der Waals surface area contributed by atoms with Crippen molar-refractivity contribution in [3.8, 4) is 0 Å². The number of aryl methyl sites for hydroxylation is 2. The molecule has 20 heavy (non-hydrogen) atoms. The zero-order valence-electron chi connectivity index (χ0n) is 13.3. The molecular weight excluding hydrogens is 240 g/mol. The summed E-state index contributed by atoms with van der Waals surface area (Å²) in [5.41, 5.74) is 6.29. The molecule has 4 rings (SSSR count). The summed E-state index contributed by atoms with van der Waals surface area (Å²) in [6.45, 7) is 8.00. The van der Waals surface area contributed by atoms with E-state index >= 15 is 0 Å². The largest absolute Gasteiger partial charge is 0.0803 e. The highest BCUT2D eigenvalue weighted by atomic mass is 14.2. The molecule has 0 saturated heterocycles. The van der Waals surface area contributed by atoms with Crippen molar-refractivity contribution in [2.24, 2.45) is 0 Å². The molecule has 2 aromatic rings. The van der Waals surface area contributed by atoms with E-state index in [1.807, 2.05) is 27.7 Å². The van der Waals surface area contributed by atoms with Gasteiger partial charge in [-0.1, -0.05) is 64.1 Å². The summed E-state index contributed by atoms with van der Waals surface area (Å²) in [5.74, 6) is 0. The van der Waals surface area contributed by atoms with Gasteiger partial charge in [-0.25, -0.2) is 0 Å². The third kappa shape index (κ3) is 2.40. The van der Waals surface area contributed by atoms with Crippen LogP contribution in [0.15, 0.2) is 36.4 Å². The van der Waals surface area contributed by atoms with Gasteiger partial charge >= 0.3 is 0 Å². The molecule has 0 nitrogen and oxygen atoms in total. The van der Waals surface area contributed by atoms with Crippen molar-refractivity contribution in [2.75, 3.05) is 0 Å². The fourth-order valence-corrected chi connectivity index (χ4v) is 3.28. The van der Waals surface area contributed by atoms with Crippen LogP contribution in [0.25, 0.3) is 16.3 Å². The van der Waals surface area contributed by atoms with Crippen LogP contribution in [0, 0.1) is 0 Å². The molecule has 0 saturated carbocycles. The fourth-order valence-electron chi connectivity index (χ4n) is 3.28. The second-order valence-electron chi connectivity index (χ2n) is 4.88. The lowest BCUT2D eigenvalue weighted by Crippen LogP contribution is -2.07. The van der Waals surface area contributed by atoms with E-state index < -0.39 is 0 Å². The predicted octanol–water partition coefficient (Wildman–Crippen LogP) is 6.17. The van der Waals surface area contributed by atoms with Gasteiger partial charge in [0.15, 0.2) is 0 Å². The van der Waals surface area contributed by atoms with E-state index in [9.17, 15) is 0 Å². The summed E-state index contributed by atoms with van der Waals surface area (Å²) >= 11 is 0. The van der Waals surface area contributed by atoms with Crippen molar-refractivity contribution in [3.63, 3.8) is 0 Å². The molecule has 2 aromatic carbocycles. The highest BCUT2D eigenvalue weighted by Gasteiger charge is 2.21. The van der Waals surface area contributed by atoms with Gasteiger partial charge in [-0.3, -0.25) is 0 Å². The Labute approximate surface area is 123 Å². The first-order valence-corrected chi connectivity index (χ1v) is 8.16. The molecule has 0 unspecified atom stereocenters. The van der Waals surface area contributed by atoms with Crippen LogP contribution in [0.5, 0.6) is 0 Å². The predicted molar refractivity (Wildman–Crippen MR) is 91.3 cm³/mol. The molecule has 0 spiro atoms. The molecule has 0 fully saturated rings. The summed E-state index contributed by atoms with van der Waals surface area (Å²) in [6.07, 6.45) is 7.37. The minimum absolute atomic E-state index is 1.22. The summed E-state index contributed by atoms with van der Waals surface area (Å²) in [6, 6.07) is 11.4. The number of hydrogen-bond donors (Lipinski definition) is 0. The summed E-state index contributed by atoms with van der Waals surface area (Å²) in [7, 11) is 0. The molecule has 0 aromatic heterocycles. The fraction of sp³-hybridized carbons (Fsp3) is 0.400. The first-order chi connectivity index (χ1) is 9.93. The van der Waals surface area contributed by atoms with Crippen LogP contribution in [-0.2, 0) is 12.8 Å². The maximum Gasteiger partial charge on any atom is -0.00738 e. The van der Waals surface area contributed by atoms with Gasteiger partial charge in [-0.05, 0) is 58.7 Å². The van der Waals surface area contributed by atoms with E-state index in [0.717, 1.165) is 0 Å². The van der Waals surface area contributed by atoms with Crippen LogP contribution < -0.4 is 0 Å². The van der Waals surface area contributed by atoms with Gasteiger partial charge in [0.05, 0.1) is 0 Å². The quantitative estimate of drug-likeness (QED) is 0.535. The third-order valence-electron chi connectivity index (χ3n) is 4.01. The molecule has 0 amide bonds. The van der Waals surface area contributed by atoms with Crippen LogP contribution in [0.1, 0.15) is 57.2 Å². The van der Waals surface area contributed by atoms with Crippen LogP contribution in [-0.4, -0.2) is 0 Å². The van der Waals surface area contributed by atoms with E-state index in [1.54, 1.807) is 22.3 Å². The van der Waals surface area contributed by atoms with Gasteiger partial charge in [0.25, 0.3) is 0 Å². The molecule has 0 aliphatic heterocycles. The van der Waals surface area contributed by atoms with Crippen LogP contribution in [0.2, 0.25) is 0 Å². The molecular formula is C20H26. The van der Waals surface area contributed by atoms with Crippen LogP contribution in [0.4, 0.5) is 0 Å². The second-order valence-corrected chi connectivity index (χ2v) is 4.88. The van der Waals surface area contributed by atoms with Gasteiger partial charge < -0.3 is 0 Å². The lowest BCUT2D eigenvalue weighted by atomic mass is 9.79. The Balaban J connectivity index is 0.000000340. The zero-order valence-corrected chi connectivity index (χ0v) is 13.3. The normalized spacial score (nSPS) is 14.5. The Bertz CT molecular complexity index is 617. The summed E-state index contributed by atoms with van der Waals surface area (Å²) in [4.78, 5) is 0. The van der Waals surface area contributed by atoms with Gasteiger partial charge in [-0.2, -0.15) is 0 Å². The van der Waals surface area contributed by atoms with Gasteiger partial charge in [0.1, 0.15) is 0 Å². The van der Waals surface area contributed by atoms with Crippen molar-refractivity contribution >= 4 is 16.3 Å². The van der Waals surface area contributed by atoms with Crippen LogP contribution in [0.3, 0.4) is 0 Å². The average Bonchev–Trinajstić information content (AvgIpc) is 2.57. The first-order valence-electron chi connectivity index (χ1n) is 8.16. The smallest absolute Gasteiger partial charge is 0.00738 e. The minimum Gasteiger partial charge on any atom is -0.0803 e. The first kappa shape index (κ1) is 14.8. The summed E-state index contributed by atoms with van der Waals surface area (Å²) in [5, 5.41) is 2.96. The minimum atomic E-state index is 1.22.